The van der Waals surface area contributed by atoms with Crippen LogP contribution in [-0.2, 0) is 23.1 Å². The highest BCUT2D eigenvalue weighted by molar-refractivity contribution is 6.04. The van der Waals surface area contributed by atoms with E-state index >= 15 is 0 Å². The lowest BCUT2D eigenvalue weighted by molar-refractivity contribution is -0.131. The van der Waals surface area contributed by atoms with Crippen molar-refractivity contribution in [3.8, 4) is 0 Å². The number of aromatic nitrogens is 1. The normalized spacial score (nSPS) is 10.7. The standard InChI is InChI=1S/C20H26N2O5/c1-6-17(24)22(11-15-9-8-10-27-15)12-16(23)18-13(3)19(20(25)26-7-2)21(5)14(18)4/h8-10H,6-7,11-12H2,1-5H3. The van der Waals surface area contributed by atoms with Crippen LogP contribution in [0.15, 0.2) is 22.8 Å². The van der Waals surface area contributed by atoms with Crippen LogP contribution in [0.25, 0.3) is 0 Å². The molecule has 0 aliphatic rings. The second-order valence-electron chi connectivity index (χ2n) is 6.32. The van der Waals surface area contributed by atoms with Crippen LogP contribution in [0.2, 0.25) is 0 Å². The first-order valence-electron chi connectivity index (χ1n) is 8.98. The molecule has 2 rings (SSSR count). The van der Waals surface area contributed by atoms with Gasteiger partial charge in [-0.1, -0.05) is 6.92 Å². The van der Waals surface area contributed by atoms with Gasteiger partial charge in [0.25, 0.3) is 0 Å². The molecule has 2 heterocycles. The van der Waals surface area contributed by atoms with Crippen LogP contribution < -0.4 is 0 Å². The first-order valence-corrected chi connectivity index (χ1v) is 8.98. The van der Waals surface area contributed by atoms with E-state index in [4.69, 9.17) is 9.15 Å². The van der Waals surface area contributed by atoms with Gasteiger partial charge in [-0.2, -0.15) is 0 Å². The van der Waals surface area contributed by atoms with Crippen molar-refractivity contribution in [1.29, 1.82) is 0 Å². The first kappa shape index (κ1) is 20.5. The Bertz CT molecular complexity index is 833. The van der Waals surface area contributed by atoms with Crippen molar-refractivity contribution in [3.63, 3.8) is 0 Å². The van der Waals surface area contributed by atoms with Gasteiger partial charge in [-0.15, -0.1) is 0 Å². The quantitative estimate of drug-likeness (QED) is 0.524. The molecule has 0 fully saturated rings. The van der Waals surface area contributed by atoms with Crippen LogP contribution in [-0.4, -0.2) is 40.3 Å². The second-order valence-corrected chi connectivity index (χ2v) is 6.32. The Morgan fingerprint density at radius 2 is 1.93 bits per heavy atom. The minimum absolute atomic E-state index is 0.0820. The van der Waals surface area contributed by atoms with E-state index in [0.29, 0.717) is 28.3 Å². The molecule has 146 valence electrons. The molecule has 2 aromatic heterocycles. The number of carbonyl (C=O) groups is 3. The highest BCUT2D eigenvalue weighted by Crippen LogP contribution is 2.23. The fraction of sp³-hybridized carbons (Fsp3) is 0.450. The number of amides is 1. The highest BCUT2D eigenvalue weighted by Gasteiger charge is 2.27. The van der Waals surface area contributed by atoms with Crippen molar-refractivity contribution in [1.82, 2.24) is 9.47 Å². The molecule has 0 radical (unpaired) electrons. The zero-order valence-corrected chi connectivity index (χ0v) is 16.5. The Balaban J connectivity index is 2.31. The minimum Gasteiger partial charge on any atom is -0.467 e. The van der Waals surface area contributed by atoms with Gasteiger partial charge in [0.1, 0.15) is 11.5 Å². The number of ether oxygens (including phenoxy) is 1. The average Bonchev–Trinajstić information content (AvgIpc) is 3.20. The summed E-state index contributed by atoms with van der Waals surface area (Å²) in [6.07, 6.45) is 1.82. The van der Waals surface area contributed by atoms with E-state index in [0.717, 1.165) is 0 Å². The van der Waals surface area contributed by atoms with E-state index in [-0.39, 0.29) is 37.8 Å². The molecule has 7 nitrogen and oxygen atoms in total. The maximum atomic E-state index is 13.0. The van der Waals surface area contributed by atoms with E-state index < -0.39 is 5.97 Å². The smallest absolute Gasteiger partial charge is 0.355 e. The Labute approximate surface area is 158 Å². The van der Waals surface area contributed by atoms with Gasteiger partial charge in [0.15, 0.2) is 5.78 Å². The molecule has 27 heavy (non-hydrogen) atoms. The van der Waals surface area contributed by atoms with E-state index in [1.54, 1.807) is 51.4 Å². The van der Waals surface area contributed by atoms with Gasteiger partial charge in [-0.25, -0.2) is 4.79 Å². The van der Waals surface area contributed by atoms with E-state index in [9.17, 15) is 14.4 Å². The summed E-state index contributed by atoms with van der Waals surface area (Å²) in [5.41, 5.74) is 2.05. The van der Waals surface area contributed by atoms with Gasteiger partial charge in [0, 0.05) is 24.7 Å². The number of hydrogen-bond donors (Lipinski definition) is 0. The highest BCUT2D eigenvalue weighted by atomic mass is 16.5. The van der Waals surface area contributed by atoms with E-state index in [1.807, 2.05) is 0 Å². The third-order valence-corrected chi connectivity index (χ3v) is 4.59. The Hall–Kier alpha value is -2.83. The summed E-state index contributed by atoms with van der Waals surface area (Å²) >= 11 is 0. The average molecular weight is 374 g/mol. The van der Waals surface area contributed by atoms with Gasteiger partial charge < -0.3 is 18.6 Å². The van der Waals surface area contributed by atoms with Crippen molar-refractivity contribution >= 4 is 17.7 Å². The molecule has 0 saturated heterocycles. The lowest BCUT2D eigenvalue weighted by Crippen LogP contribution is -2.35. The Morgan fingerprint density at radius 1 is 1.22 bits per heavy atom. The molecule has 0 aliphatic carbocycles. The lowest BCUT2D eigenvalue weighted by Gasteiger charge is -2.20. The molecule has 0 bridgehead atoms. The summed E-state index contributed by atoms with van der Waals surface area (Å²) in [7, 11) is 1.73. The zero-order chi connectivity index (χ0) is 20.1. The lowest BCUT2D eigenvalue weighted by atomic mass is 10.0. The van der Waals surface area contributed by atoms with Gasteiger partial charge in [-0.05, 0) is 38.5 Å². The molecule has 0 spiro atoms. The molecular weight excluding hydrogens is 348 g/mol. The first-order chi connectivity index (χ1) is 12.8. The van der Waals surface area contributed by atoms with Crippen LogP contribution in [0.1, 0.15) is 58.1 Å². The van der Waals surface area contributed by atoms with Crippen molar-refractivity contribution < 1.29 is 23.5 Å². The number of hydrogen-bond acceptors (Lipinski definition) is 5. The van der Waals surface area contributed by atoms with Gasteiger partial charge >= 0.3 is 5.97 Å². The molecule has 2 aromatic rings. The topological polar surface area (TPSA) is 81.8 Å². The molecule has 0 N–H and O–H groups in total. The molecule has 0 unspecified atom stereocenters. The molecule has 0 saturated carbocycles. The van der Waals surface area contributed by atoms with Crippen LogP contribution in [0.5, 0.6) is 0 Å². The van der Waals surface area contributed by atoms with Crippen LogP contribution in [0.4, 0.5) is 0 Å². The molecule has 7 heteroatoms. The summed E-state index contributed by atoms with van der Waals surface area (Å²) < 4.78 is 12.1. The largest absolute Gasteiger partial charge is 0.467 e. The predicted molar refractivity (Wildman–Crippen MR) is 99.6 cm³/mol. The van der Waals surface area contributed by atoms with Crippen molar-refractivity contribution in [2.24, 2.45) is 7.05 Å². The Kier molecular flexibility index (Phi) is 6.60. The Morgan fingerprint density at radius 3 is 2.48 bits per heavy atom. The van der Waals surface area contributed by atoms with Crippen LogP contribution in [0.3, 0.4) is 0 Å². The fourth-order valence-electron chi connectivity index (χ4n) is 3.18. The monoisotopic (exact) mass is 374 g/mol. The SMILES string of the molecule is CCOC(=O)c1c(C)c(C(=O)CN(Cc2ccco2)C(=O)CC)c(C)n1C. The fourth-order valence-corrected chi connectivity index (χ4v) is 3.18. The third-order valence-electron chi connectivity index (χ3n) is 4.59. The van der Waals surface area contributed by atoms with Crippen LogP contribution >= 0.6 is 0 Å². The predicted octanol–water partition coefficient (Wildman–Crippen LogP) is 3.03. The molecule has 1 amide bonds. The molecule has 0 aliphatic heterocycles. The van der Waals surface area contributed by atoms with E-state index in [2.05, 4.69) is 0 Å². The van der Waals surface area contributed by atoms with Crippen LogP contribution in [0, 0.1) is 13.8 Å². The third kappa shape index (κ3) is 4.30. The van der Waals surface area contributed by atoms with Crippen molar-refractivity contribution in [3.05, 3.63) is 46.7 Å². The van der Waals surface area contributed by atoms with Gasteiger partial charge in [0.05, 0.1) is 26.0 Å². The van der Waals surface area contributed by atoms with Gasteiger partial charge in [-0.3, -0.25) is 9.59 Å². The second kappa shape index (κ2) is 8.70. The summed E-state index contributed by atoms with van der Waals surface area (Å²) in [6, 6.07) is 3.50. The maximum absolute atomic E-state index is 13.0. The maximum Gasteiger partial charge on any atom is 0.355 e. The molecular formula is C20H26N2O5. The number of rotatable bonds is 8. The number of ketones is 1. The number of nitrogens with zero attached hydrogens (tertiary/aromatic N) is 2. The number of Topliss-reactive ketones (excluding diaryl/α,β-unsaturated/α-hetero) is 1. The molecule has 0 atom stereocenters. The zero-order valence-electron chi connectivity index (χ0n) is 16.5. The summed E-state index contributed by atoms with van der Waals surface area (Å²) in [5.74, 6) is -0.212. The van der Waals surface area contributed by atoms with Crippen molar-refractivity contribution in [2.75, 3.05) is 13.2 Å². The summed E-state index contributed by atoms with van der Waals surface area (Å²) in [6.45, 7) is 7.39. The number of carbonyl (C=O) groups excluding carboxylic acids is 3. The molecule has 0 aromatic carbocycles. The van der Waals surface area contributed by atoms with E-state index in [1.165, 1.54) is 11.2 Å². The van der Waals surface area contributed by atoms with Gasteiger partial charge in [0.2, 0.25) is 5.91 Å². The number of furan rings is 1. The summed E-state index contributed by atoms with van der Waals surface area (Å²) in [4.78, 5) is 39.0. The van der Waals surface area contributed by atoms with Crippen molar-refractivity contribution in [2.45, 2.75) is 40.7 Å². The summed E-state index contributed by atoms with van der Waals surface area (Å²) in [5, 5.41) is 0. The minimum atomic E-state index is -0.461. The number of esters is 1.